The smallest absolute Gasteiger partial charge is 0.190 e. The molecule has 0 bridgehead atoms. The van der Waals surface area contributed by atoms with Crippen molar-refractivity contribution in [3.8, 4) is 5.75 Å². The van der Waals surface area contributed by atoms with Crippen molar-refractivity contribution in [3.63, 3.8) is 0 Å². The van der Waals surface area contributed by atoms with Gasteiger partial charge in [0.25, 0.3) is 0 Å². The number of fused-ring (bicyclic) bond motifs is 1. The summed E-state index contributed by atoms with van der Waals surface area (Å²) in [4.78, 5) is 0. The van der Waals surface area contributed by atoms with Crippen LogP contribution in [0.25, 0.3) is 0 Å². The number of methoxy groups -OCH3 is 1. The molecule has 0 spiro atoms. The minimum absolute atomic E-state index is 0.309. The monoisotopic (exact) mass is 420 g/mol. The van der Waals surface area contributed by atoms with Crippen molar-refractivity contribution < 1.29 is 33.2 Å². The molecule has 0 amide bonds. The lowest BCUT2D eigenvalue weighted by molar-refractivity contribution is -0.257. The number of ether oxygens (including phenoxy) is 7. The maximum Gasteiger partial charge on any atom is 0.190 e. The third kappa shape index (κ3) is 4.02. The van der Waals surface area contributed by atoms with Gasteiger partial charge in [0.2, 0.25) is 0 Å². The van der Waals surface area contributed by atoms with E-state index in [9.17, 15) is 0 Å². The van der Waals surface area contributed by atoms with Crippen LogP contribution in [0.2, 0.25) is 0 Å². The Labute approximate surface area is 178 Å². The first-order valence-corrected chi connectivity index (χ1v) is 10.4. The van der Waals surface area contributed by atoms with Crippen LogP contribution < -0.4 is 4.74 Å². The van der Waals surface area contributed by atoms with Gasteiger partial charge in [-0.3, -0.25) is 0 Å². The van der Waals surface area contributed by atoms with E-state index in [2.05, 4.69) is 6.58 Å². The molecule has 0 aliphatic carbocycles. The Balaban J connectivity index is 1.62. The highest BCUT2D eigenvalue weighted by molar-refractivity contribution is 5.27. The quantitative estimate of drug-likeness (QED) is 0.625. The first kappa shape index (κ1) is 21.7. The summed E-state index contributed by atoms with van der Waals surface area (Å²) in [6.45, 7) is 12.3. The number of benzene rings is 1. The van der Waals surface area contributed by atoms with E-state index in [0.29, 0.717) is 19.6 Å². The van der Waals surface area contributed by atoms with Gasteiger partial charge in [-0.1, -0.05) is 18.2 Å². The lowest BCUT2D eigenvalue weighted by Crippen LogP contribution is -2.55. The molecule has 7 nitrogen and oxygen atoms in total. The summed E-state index contributed by atoms with van der Waals surface area (Å²) < 4.78 is 42.5. The first-order valence-electron chi connectivity index (χ1n) is 10.4. The van der Waals surface area contributed by atoms with Gasteiger partial charge in [-0.15, -0.1) is 6.58 Å². The van der Waals surface area contributed by atoms with E-state index in [1.54, 1.807) is 7.11 Å². The minimum atomic E-state index is -0.825. The highest BCUT2D eigenvalue weighted by Crippen LogP contribution is 2.49. The van der Waals surface area contributed by atoms with E-state index in [-0.39, 0.29) is 6.10 Å². The third-order valence-electron chi connectivity index (χ3n) is 5.80. The minimum Gasteiger partial charge on any atom is -0.497 e. The fraction of sp³-hybridized carbons (Fsp3) is 0.652. The first-order chi connectivity index (χ1) is 14.2. The maximum atomic E-state index is 6.61. The van der Waals surface area contributed by atoms with Gasteiger partial charge in [-0.05, 0) is 51.8 Å². The van der Waals surface area contributed by atoms with Gasteiger partial charge in [0.05, 0.1) is 20.3 Å². The van der Waals surface area contributed by atoms with E-state index in [4.69, 9.17) is 33.2 Å². The van der Waals surface area contributed by atoms with Crippen molar-refractivity contribution in [2.75, 3.05) is 13.7 Å². The topological polar surface area (TPSA) is 64.6 Å². The molecule has 3 heterocycles. The van der Waals surface area contributed by atoms with E-state index in [1.165, 1.54) is 0 Å². The van der Waals surface area contributed by atoms with Crippen molar-refractivity contribution in [1.82, 2.24) is 0 Å². The largest absolute Gasteiger partial charge is 0.497 e. The molecule has 30 heavy (non-hydrogen) atoms. The van der Waals surface area contributed by atoms with E-state index >= 15 is 0 Å². The van der Waals surface area contributed by atoms with Crippen LogP contribution in [0.4, 0.5) is 0 Å². The molecule has 3 aliphatic rings. The molecule has 0 unspecified atom stereocenters. The van der Waals surface area contributed by atoms with Gasteiger partial charge >= 0.3 is 0 Å². The molecule has 7 heteroatoms. The molecule has 1 aromatic rings. The van der Waals surface area contributed by atoms with Gasteiger partial charge in [-0.25, -0.2) is 0 Å². The third-order valence-corrected chi connectivity index (χ3v) is 5.80. The van der Waals surface area contributed by atoms with Crippen LogP contribution >= 0.6 is 0 Å². The fourth-order valence-electron chi connectivity index (χ4n) is 4.47. The number of rotatable bonds is 7. The summed E-state index contributed by atoms with van der Waals surface area (Å²) in [7, 11) is 1.65. The van der Waals surface area contributed by atoms with Crippen LogP contribution in [-0.4, -0.2) is 55.5 Å². The van der Waals surface area contributed by atoms with Crippen molar-refractivity contribution in [1.29, 1.82) is 0 Å². The Bertz CT molecular complexity index is 759. The highest BCUT2D eigenvalue weighted by Gasteiger charge is 2.66. The molecule has 3 fully saturated rings. The summed E-state index contributed by atoms with van der Waals surface area (Å²) in [5.74, 6) is -0.639. The summed E-state index contributed by atoms with van der Waals surface area (Å²) in [5, 5.41) is 0. The molecular formula is C23H32O7. The SMILES string of the molecule is C=CC[C@@]1(OCc2ccc(OC)cc2)[C@@H]([C@H]2COC(C)(C)O2)O[C@@H]2OC(C)(C)O[C@@H]21. The standard InChI is InChI=1S/C23H32O7/c1-7-12-23(26-13-15-8-10-16(24-6)11-9-15)18(17-14-25-21(2,3)28-17)27-20-19(23)29-22(4,5)30-20/h7-11,17-20H,1,12-14H2,2-6H3/t17-,18-,19+,20-,23-/m1/s1. The predicted molar refractivity (Wildman–Crippen MR) is 109 cm³/mol. The molecule has 1 aromatic carbocycles. The van der Waals surface area contributed by atoms with Crippen molar-refractivity contribution in [3.05, 3.63) is 42.5 Å². The molecule has 0 N–H and O–H groups in total. The lowest BCUT2D eigenvalue weighted by Gasteiger charge is -2.39. The molecule has 3 aliphatic heterocycles. The van der Waals surface area contributed by atoms with Crippen LogP contribution in [0.5, 0.6) is 5.75 Å². The summed E-state index contributed by atoms with van der Waals surface area (Å²) >= 11 is 0. The molecule has 166 valence electrons. The zero-order chi connectivity index (χ0) is 21.6. The van der Waals surface area contributed by atoms with Gasteiger partial charge in [0.1, 0.15) is 29.7 Å². The van der Waals surface area contributed by atoms with Crippen LogP contribution in [0.15, 0.2) is 36.9 Å². The van der Waals surface area contributed by atoms with Crippen molar-refractivity contribution in [2.45, 2.75) is 82.5 Å². The van der Waals surface area contributed by atoms with Crippen LogP contribution in [-0.2, 0) is 35.0 Å². The van der Waals surface area contributed by atoms with E-state index in [0.717, 1.165) is 11.3 Å². The molecule has 5 atom stereocenters. The van der Waals surface area contributed by atoms with Crippen LogP contribution in [0.3, 0.4) is 0 Å². The molecular weight excluding hydrogens is 388 g/mol. The van der Waals surface area contributed by atoms with Gasteiger partial charge in [-0.2, -0.15) is 0 Å². The van der Waals surface area contributed by atoms with Crippen molar-refractivity contribution >= 4 is 0 Å². The van der Waals surface area contributed by atoms with Gasteiger partial charge in [0.15, 0.2) is 17.9 Å². The zero-order valence-electron chi connectivity index (χ0n) is 18.4. The lowest BCUT2D eigenvalue weighted by atomic mass is 9.85. The van der Waals surface area contributed by atoms with Crippen LogP contribution in [0, 0.1) is 0 Å². The highest BCUT2D eigenvalue weighted by atomic mass is 16.9. The average Bonchev–Trinajstić information content (AvgIpc) is 3.30. The summed E-state index contributed by atoms with van der Waals surface area (Å²) in [5.41, 5.74) is 0.192. The Morgan fingerprint density at radius 1 is 1.03 bits per heavy atom. The maximum absolute atomic E-state index is 6.61. The number of hydrogen-bond acceptors (Lipinski definition) is 7. The Morgan fingerprint density at radius 3 is 2.37 bits per heavy atom. The van der Waals surface area contributed by atoms with Crippen LogP contribution in [0.1, 0.15) is 39.7 Å². The Hall–Kier alpha value is -1.48. The summed E-state index contributed by atoms with van der Waals surface area (Å²) in [6, 6.07) is 7.80. The second-order valence-corrected chi connectivity index (χ2v) is 8.93. The van der Waals surface area contributed by atoms with Crippen molar-refractivity contribution in [2.24, 2.45) is 0 Å². The van der Waals surface area contributed by atoms with E-state index < -0.39 is 35.7 Å². The molecule has 4 rings (SSSR count). The average molecular weight is 421 g/mol. The second kappa shape index (κ2) is 7.89. The zero-order valence-corrected chi connectivity index (χ0v) is 18.4. The second-order valence-electron chi connectivity index (χ2n) is 8.93. The molecule has 0 saturated carbocycles. The van der Waals surface area contributed by atoms with E-state index in [1.807, 2.05) is 58.0 Å². The Kier molecular flexibility index (Phi) is 5.72. The molecule has 0 aromatic heterocycles. The van der Waals surface area contributed by atoms with Gasteiger partial charge < -0.3 is 33.2 Å². The summed E-state index contributed by atoms with van der Waals surface area (Å²) in [6.07, 6.45) is 0.657. The number of hydrogen-bond donors (Lipinski definition) is 0. The normalized spacial score (nSPS) is 36.6. The van der Waals surface area contributed by atoms with Gasteiger partial charge in [0, 0.05) is 0 Å². The molecule has 3 saturated heterocycles. The predicted octanol–water partition coefficient (Wildman–Crippen LogP) is 3.55. The fourth-order valence-corrected chi connectivity index (χ4v) is 4.47. The molecule has 0 radical (unpaired) electrons. The Morgan fingerprint density at radius 2 is 1.77 bits per heavy atom.